The summed E-state index contributed by atoms with van der Waals surface area (Å²) in [6.07, 6.45) is 0. The number of methoxy groups -OCH3 is 7. The summed E-state index contributed by atoms with van der Waals surface area (Å²) >= 11 is 0. The fourth-order valence-corrected chi connectivity index (χ4v) is 9.47. The lowest BCUT2D eigenvalue weighted by molar-refractivity contribution is 0.299. The van der Waals surface area contributed by atoms with Crippen molar-refractivity contribution in [3.05, 3.63) is 296 Å². The first-order valence-electron chi connectivity index (χ1n) is 31.8. The number of rotatable bonds is 26. The molecule has 0 aromatic heterocycles. The van der Waals surface area contributed by atoms with Crippen LogP contribution in [0.2, 0.25) is 0 Å². The second kappa shape index (κ2) is 39.4. The van der Waals surface area contributed by atoms with Crippen molar-refractivity contribution in [3.63, 3.8) is 0 Å². The van der Waals surface area contributed by atoms with Gasteiger partial charge in [0.25, 0.3) is 0 Å². The molecule has 0 saturated carbocycles. The van der Waals surface area contributed by atoms with Crippen molar-refractivity contribution in [1.29, 1.82) is 0 Å². The molecule has 0 saturated heterocycles. The van der Waals surface area contributed by atoms with Crippen LogP contribution in [-0.4, -0.2) is 56.4 Å². The molecule has 520 valence electrons. The van der Waals surface area contributed by atoms with E-state index in [2.05, 4.69) is 90.7 Å². The number of ether oxygens (including phenoxy) is 8. The van der Waals surface area contributed by atoms with E-state index in [0.29, 0.717) is 63.8 Å². The van der Waals surface area contributed by atoms with Gasteiger partial charge in [0, 0.05) is 57.8 Å². The molecule has 100 heavy (non-hydrogen) atoms. The molecule has 1 unspecified atom stereocenters. The first-order chi connectivity index (χ1) is 48.2. The summed E-state index contributed by atoms with van der Waals surface area (Å²) in [6, 6.07) is 72.1. The smallest absolute Gasteiger partial charge is 0.142 e. The zero-order valence-corrected chi connectivity index (χ0v) is 58.5. The lowest BCUT2D eigenvalue weighted by Gasteiger charge is -2.18. The van der Waals surface area contributed by atoms with E-state index in [1.165, 1.54) is 11.1 Å². The Morgan fingerprint density at radius 2 is 0.770 bits per heavy atom. The molecule has 1 atom stereocenters. The summed E-state index contributed by atoms with van der Waals surface area (Å²) in [5.74, 6) is 5.39. The number of hydrogen-bond donors (Lipinski definition) is 10. The zero-order chi connectivity index (χ0) is 72.5. The largest absolute Gasteiger partial charge is 0.497 e. The quantitative estimate of drug-likeness (QED) is 0.0178. The number of nitrogen functional groups attached to an aromatic ring is 5. The molecule has 0 spiro atoms. The lowest BCUT2D eigenvalue weighted by atomic mass is 10.1. The van der Waals surface area contributed by atoms with Crippen LogP contribution < -0.4 is 69.5 Å². The molecule has 0 amide bonds. The van der Waals surface area contributed by atoms with E-state index in [0.717, 1.165) is 97.1 Å². The van der Waals surface area contributed by atoms with Crippen molar-refractivity contribution in [2.75, 3.05) is 112 Å². The number of benzene rings is 10. The molecule has 18 heteroatoms. The number of anilines is 13. The summed E-state index contributed by atoms with van der Waals surface area (Å²) in [6.45, 7) is 24.5. The molecule has 0 aliphatic heterocycles. The van der Waals surface area contributed by atoms with Gasteiger partial charge in [0.15, 0.2) is 0 Å². The predicted molar refractivity (Wildman–Crippen MR) is 420 cm³/mol. The van der Waals surface area contributed by atoms with Crippen molar-refractivity contribution in [1.82, 2.24) is 0 Å². The molecular weight excluding hydrogens is 1250 g/mol. The van der Waals surface area contributed by atoms with Crippen LogP contribution >= 0.6 is 0 Å². The molecule has 0 heterocycles. The molecular formula is C82H94N10O8. The molecule has 10 aromatic carbocycles. The molecule has 0 fully saturated rings. The van der Waals surface area contributed by atoms with Gasteiger partial charge in [-0.3, -0.25) is 0 Å². The van der Waals surface area contributed by atoms with Gasteiger partial charge in [-0.05, 0) is 165 Å². The number of nitrogens with two attached hydrogens (primary N) is 5. The van der Waals surface area contributed by atoms with Crippen molar-refractivity contribution in [3.8, 4) is 17.2 Å². The van der Waals surface area contributed by atoms with Crippen molar-refractivity contribution in [2.45, 2.75) is 26.4 Å². The van der Waals surface area contributed by atoms with Crippen molar-refractivity contribution in [2.24, 2.45) is 0 Å². The third-order valence-corrected chi connectivity index (χ3v) is 15.3. The number of para-hydroxylation sites is 2. The summed E-state index contributed by atoms with van der Waals surface area (Å²) in [5.41, 5.74) is 47.4. The Bertz CT molecular complexity index is 4300. The molecule has 10 rings (SSSR count). The molecule has 18 nitrogen and oxygen atoms in total. The van der Waals surface area contributed by atoms with Gasteiger partial charge in [-0.2, -0.15) is 0 Å². The maximum Gasteiger partial charge on any atom is 0.142 e. The van der Waals surface area contributed by atoms with E-state index in [9.17, 15) is 0 Å². The lowest BCUT2D eigenvalue weighted by Crippen LogP contribution is -2.08. The topological polar surface area (TPSA) is 264 Å². The third-order valence-electron chi connectivity index (χ3n) is 15.3. The summed E-state index contributed by atoms with van der Waals surface area (Å²) in [7, 11) is 11.3. The summed E-state index contributed by atoms with van der Waals surface area (Å²) in [5, 5.41) is 16.5. The van der Waals surface area contributed by atoms with Gasteiger partial charge in [-0.15, -0.1) is 0 Å². The van der Waals surface area contributed by atoms with Crippen LogP contribution in [0.4, 0.5) is 73.9 Å². The van der Waals surface area contributed by atoms with E-state index < -0.39 is 0 Å². The fraction of sp³-hybridized carbons (Fsp3) is 0.146. The average molecular weight is 1350 g/mol. The first kappa shape index (κ1) is 76.3. The van der Waals surface area contributed by atoms with Gasteiger partial charge < -0.3 is 93.1 Å². The van der Waals surface area contributed by atoms with Gasteiger partial charge in [-0.25, -0.2) is 0 Å². The van der Waals surface area contributed by atoms with Gasteiger partial charge in [0.2, 0.25) is 0 Å². The Kier molecular flexibility index (Phi) is 30.0. The molecule has 0 aliphatic rings. The van der Waals surface area contributed by atoms with Crippen LogP contribution in [0.1, 0.15) is 58.8 Å². The maximum absolute atomic E-state index is 6.12. The van der Waals surface area contributed by atoms with Crippen LogP contribution in [0.5, 0.6) is 17.2 Å². The number of hydrogen-bond acceptors (Lipinski definition) is 18. The Morgan fingerprint density at radius 1 is 0.360 bits per heavy atom. The van der Waals surface area contributed by atoms with Crippen LogP contribution in [0.3, 0.4) is 0 Å². The van der Waals surface area contributed by atoms with Crippen LogP contribution in [0.15, 0.2) is 257 Å². The van der Waals surface area contributed by atoms with Crippen LogP contribution in [-0.2, 0) is 30.2 Å². The molecule has 15 N–H and O–H groups in total. The minimum absolute atomic E-state index is 0.189. The third kappa shape index (κ3) is 23.3. The summed E-state index contributed by atoms with van der Waals surface area (Å²) < 4.78 is 41.4. The van der Waals surface area contributed by atoms with Crippen molar-refractivity contribution < 1.29 is 37.9 Å². The van der Waals surface area contributed by atoms with E-state index in [1.54, 1.807) is 49.8 Å². The second-order valence-corrected chi connectivity index (χ2v) is 22.0. The fourth-order valence-electron chi connectivity index (χ4n) is 9.47. The van der Waals surface area contributed by atoms with Gasteiger partial charge in [0.1, 0.15) is 46.0 Å². The maximum atomic E-state index is 6.12. The van der Waals surface area contributed by atoms with E-state index in [4.69, 9.17) is 66.6 Å². The molecule has 0 radical (unpaired) electrons. The van der Waals surface area contributed by atoms with Crippen LogP contribution in [0, 0.1) is 0 Å². The van der Waals surface area contributed by atoms with Gasteiger partial charge >= 0.3 is 0 Å². The molecule has 10 aromatic rings. The highest BCUT2D eigenvalue weighted by molar-refractivity contribution is 5.81. The highest BCUT2D eigenvalue weighted by Crippen LogP contribution is 2.34. The normalized spacial score (nSPS) is 10.3. The molecule has 0 aliphatic carbocycles. The SMILES string of the molecule is C=C(OC)c1ccc(NCc2ccccc2)c(N)c1.C=C(OC)c1ccc(Nc2ccc(OC)cc2)c(N)c1.C=C(OC)c1ccc(Nc2cccc(OC)c2)c(N)c1.C=C(OC)c1ccc(Nc2ccccc2OC)c(N)c1.C=C(OCC)c1ccc(NC(C)c2ccccc2)c(N)c1. The number of nitrogens with one attached hydrogen (secondary N) is 5. The minimum Gasteiger partial charge on any atom is -0.497 e. The van der Waals surface area contributed by atoms with Crippen molar-refractivity contribution >= 4 is 103 Å². The Morgan fingerprint density at radius 3 is 1.21 bits per heavy atom. The minimum atomic E-state index is 0.189. The Balaban J connectivity index is 0.000000197. The predicted octanol–water partition coefficient (Wildman–Crippen LogP) is 18.9. The standard InChI is InChI=1S/C18H22N2O.3C16H18N2O2.C16H18N2O/c1-4-21-14(3)16-10-11-18(17(19)12-16)20-13(2)15-8-6-5-7-9-15;1-11(19-2)12-4-9-16(15(17)10-12)18-13-5-7-14(20-3)8-6-13;1-11(19-2)12-7-8-16(15(17)9-12)18-13-5-4-6-14(10-13)20-3;1-11(19-2)12-8-9-14(13(17)10-12)18-15-6-4-5-7-16(15)20-3;1-12(19-2)14-8-9-16(15(17)10-14)18-11-13-6-4-3-5-7-13/h5-13,20H,3-4,19H2,1-2H3;3*4-10,18H,1,17H2,2-3H3;3-10,18H,1,11,17H2,2H3. The van der Waals surface area contributed by atoms with Gasteiger partial charge in [-0.1, -0.05) is 112 Å². The zero-order valence-electron chi connectivity index (χ0n) is 58.5. The Hall–Kier alpha value is -12.7. The Labute approximate surface area is 589 Å². The van der Waals surface area contributed by atoms with E-state index >= 15 is 0 Å². The summed E-state index contributed by atoms with van der Waals surface area (Å²) in [4.78, 5) is 0. The monoisotopic (exact) mass is 1350 g/mol. The highest BCUT2D eigenvalue weighted by Gasteiger charge is 2.12. The average Bonchev–Trinajstić information content (AvgIpc) is 0.881. The second-order valence-electron chi connectivity index (χ2n) is 22.0. The van der Waals surface area contributed by atoms with E-state index in [1.807, 2.05) is 207 Å². The highest BCUT2D eigenvalue weighted by atomic mass is 16.5. The van der Waals surface area contributed by atoms with Crippen LogP contribution in [0.25, 0.3) is 28.8 Å². The molecule has 0 bridgehead atoms. The van der Waals surface area contributed by atoms with E-state index in [-0.39, 0.29) is 6.04 Å². The van der Waals surface area contributed by atoms with Gasteiger partial charge in [0.05, 0.1) is 119 Å². The first-order valence-corrected chi connectivity index (χ1v) is 31.8.